The van der Waals surface area contributed by atoms with E-state index in [4.69, 9.17) is 11.6 Å². The third-order valence-electron chi connectivity index (χ3n) is 3.69. The van der Waals surface area contributed by atoms with E-state index in [9.17, 15) is 22.7 Å². The zero-order chi connectivity index (χ0) is 16.8. The minimum Gasteiger partial charge on any atom is -0.481 e. The molecule has 3 rings (SSSR count). The van der Waals surface area contributed by atoms with Crippen molar-refractivity contribution in [3.63, 3.8) is 0 Å². The maximum absolute atomic E-state index is 13.4. The van der Waals surface area contributed by atoms with Crippen LogP contribution >= 0.6 is 11.6 Å². The summed E-state index contributed by atoms with van der Waals surface area (Å²) in [6, 6.07) is 9.37. The van der Waals surface area contributed by atoms with Crippen LogP contribution in [-0.2, 0) is 14.8 Å². The fraction of sp³-hybridized carbons (Fsp3) is 0.133. The standard InChI is InChI=1S/C15H11ClFNO4S/c16-12-6-5-9(17)7-14(12)23(21,22)18-8-11(15(19)20)10-3-1-2-4-13(10)18/h1-7,11H,8H2,(H,19,20)/t11-/m0/s1. The minimum atomic E-state index is -4.17. The van der Waals surface area contributed by atoms with Gasteiger partial charge in [0.1, 0.15) is 16.6 Å². The lowest BCUT2D eigenvalue weighted by Crippen LogP contribution is -2.31. The monoisotopic (exact) mass is 355 g/mol. The highest BCUT2D eigenvalue weighted by Crippen LogP contribution is 2.40. The molecule has 2 aromatic rings. The van der Waals surface area contributed by atoms with Gasteiger partial charge >= 0.3 is 5.97 Å². The van der Waals surface area contributed by atoms with Crippen LogP contribution < -0.4 is 4.31 Å². The lowest BCUT2D eigenvalue weighted by molar-refractivity contribution is -0.138. The molecule has 23 heavy (non-hydrogen) atoms. The van der Waals surface area contributed by atoms with E-state index in [0.29, 0.717) is 5.56 Å². The number of aliphatic carboxylic acids is 1. The van der Waals surface area contributed by atoms with Crippen LogP contribution in [0.3, 0.4) is 0 Å². The van der Waals surface area contributed by atoms with Crippen molar-refractivity contribution in [2.24, 2.45) is 0 Å². The lowest BCUT2D eigenvalue weighted by atomic mass is 10.0. The van der Waals surface area contributed by atoms with Gasteiger partial charge in [0.15, 0.2) is 0 Å². The van der Waals surface area contributed by atoms with Crippen molar-refractivity contribution in [2.75, 3.05) is 10.8 Å². The molecule has 120 valence electrons. The Hall–Kier alpha value is -2.12. The van der Waals surface area contributed by atoms with Gasteiger partial charge in [0.25, 0.3) is 10.0 Å². The topological polar surface area (TPSA) is 74.7 Å². The molecule has 1 atom stereocenters. The molecular formula is C15H11ClFNO4S. The molecule has 0 saturated carbocycles. The van der Waals surface area contributed by atoms with E-state index in [1.54, 1.807) is 18.2 Å². The average molecular weight is 356 g/mol. The molecule has 0 amide bonds. The molecule has 0 saturated heterocycles. The second-order valence-electron chi connectivity index (χ2n) is 5.06. The molecule has 1 heterocycles. The van der Waals surface area contributed by atoms with E-state index in [2.05, 4.69) is 0 Å². The Morgan fingerprint density at radius 2 is 1.96 bits per heavy atom. The predicted molar refractivity (Wildman–Crippen MR) is 82.8 cm³/mol. The molecule has 0 aliphatic carbocycles. The third kappa shape index (κ3) is 2.55. The Balaban J connectivity index is 2.15. The van der Waals surface area contributed by atoms with Crippen molar-refractivity contribution >= 4 is 33.3 Å². The summed E-state index contributed by atoms with van der Waals surface area (Å²) in [6.07, 6.45) is 0. The highest BCUT2D eigenvalue weighted by atomic mass is 35.5. The third-order valence-corrected chi connectivity index (χ3v) is 5.95. The van der Waals surface area contributed by atoms with E-state index >= 15 is 0 Å². The fourth-order valence-corrected chi connectivity index (χ4v) is 4.60. The van der Waals surface area contributed by atoms with Gasteiger partial charge < -0.3 is 5.11 Å². The SMILES string of the molecule is O=C(O)[C@H]1CN(S(=O)(=O)c2cc(F)ccc2Cl)c2ccccc21. The Labute approximate surface area is 137 Å². The van der Waals surface area contributed by atoms with E-state index in [-0.39, 0.29) is 22.2 Å². The zero-order valence-corrected chi connectivity index (χ0v) is 13.2. The molecule has 0 radical (unpaired) electrons. The summed E-state index contributed by atoms with van der Waals surface area (Å²) in [5, 5.41) is 9.18. The van der Waals surface area contributed by atoms with Crippen molar-refractivity contribution < 1.29 is 22.7 Å². The van der Waals surface area contributed by atoms with Crippen LogP contribution in [0.5, 0.6) is 0 Å². The van der Waals surface area contributed by atoms with Gasteiger partial charge in [-0.15, -0.1) is 0 Å². The number of para-hydroxylation sites is 1. The van der Waals surface area contributed by atoms with Gasteiger partial charge in [-0.25, -0.2) is 12.8 Å². The van der Waals surface area contributed by atoms with E-state index < -0.39 is 27.7 Å². The van der Waals surface area contributed by atoms with Crippen LogP contribution in [0.4, 0.5) is 10.1 Å². The van der Waals surface area contributed by atoms with Gasteiger partial charge in [-0.05, 0) is 29.8 Å². The molecule has 2 aromatic carbocycles. The second kappa shape index (κ2) is 5.50. The molecule has 0 unspecified atom stereocenters. The van der Waals surface area contributed by atoms with E-state index in [1.165, 1.54) is 6.07 Å². The summed E-state index contributed by atoms with van der Waals surface area (Å²) in [5.74, 6) is -2.84. The Bertz CT molecular complexity index is 900. The van der Waals surface area contributed by atoms with Crippen molar-refractivity contribution in [1.82, 2.24) is 0 Å². The van der Waals surface area contributed by atoms with Crippen molar-refractivity contribution in [3.8, 4) is 0 Å². The number of carboxylic acid groups (broad SMARTS) is 1. The molecule has 0 spiro atoms. The van der Waals surface area contributed by atoms with Crippen LogP contribution in [0.1, 0.15) is 11.5 Å². The molecule has 0 bridgehead atoms. The number of hydrogen-bond donors (Lipinski definition) is 1. The summed E-state index contributed by atoms with van der Waals surface area (Å²) in [5.41, 5.74) is 0.663. The summed E-state index contributed by atoms with van der Waals surface area (Å²) in [4.78, 5) is 11.0. The first-order valence-corrected chi connectivity index (χ1v) is 8.43. The van der Waals surface area contributed by atoms with Crippen LogP contribution in [0, 0.1) is 5.82 Å². The number of halogens is 2. The minimum absolute atomic E-state index is 0.123. The van der Waals surface area contributed by atoms with Gasteiger partial charge in [0.2, 0.25) is 0 Å². The summed E-state index contributed by atoms with van der Waals surface area (Å²) in [6.45, 7) is -0.260. The number of benzene rings is 2. The van der Waals surface area contributed by atoms with Gasteiger partial charge in [-0.2, -0.15) is 0 Å². The molecule has 0 aromatic heterocycles. The quantitative estimate of drug-likeness (QED) is 0.918. The van der Waals surface area contributed by atoms with Gasteiger partial charge in [-0.3, -0.25) is 9.10 Å². The molecular weight excluding hydrogens is 345 g/mol. The number of carboxylic acids is 1. The van der Waals surface area contributed by atoms with Crippen molar-refractivity contribution in [2.45, 2.75) is 10.8 Å². The number of sulfonamides is 1. The first-order chi connectivity index (χ1) is 10.8. The summed E-state index contributed by atoms with van der Waals surface area (Å²) < 4.78 is 40.0. The molecule has 1 aliphatic heterocycles. The van der Waals surface area contributed by atoms with Crippen molar-refractivity contribution in [1.29, 1.82) is 0 Å². The zero-order valence-electron chi connectivity index (χ0n) is 11.6. The molecule has 8 heteroatoms. The predicted octanol–water partition coefficient (Wildman–Crippen LogP) is 2.86. The van der Waals surface area contributed by atoms with Gasteiger partial charge in [-0.1, -0.05) is 29.8 Å². The lowest BCUT2D eigenvalue weighted by Gasteiger charge is -2.20. The first-order valence-electron chi connectivity index (χ1n) is 6.62. The van der Waals surface area contributed by atoms with E-state index in [1.807, 2.05) is 0 Å². The Kier molecular flexibility index (Phi) is 3.77. The van der Waals surface area contributed by atoms with Gasteiger partial charge in [0, 0.05) is 0 Å². The summed E-state index contributed by atoms with van der Waals surface area (Å²) >= 11 is 5.90. The van der Waals surface area contributed by atoms with Crippen LogP contribution in [0.25, 0.3) is 0 Å². The Morgan fingerprint density at radius 3 is 2.65 bits per heavy atom. The number of rotatable bonds is 3. The van der Waals surface area contributed by atoms with E-state index in [0.717, 1.165) is 22.5 Å². The number of hydrogen-bond acceptors (Lipinski definition) is 3. The molecule has 1 aliphatic rings. The molecule has 1 N–H and O–H groups in total. The van der Waals surface area contributed by atoms with Crippen LogP contribution in [-0.4, -0.2) is 26.0 Å². The van der Waals surface area contributed by atoms with Gasteiger partial charge in [0.05, 0.1) is 17.3 Å². The number of anilines is 1. The average Bonchev–Trinajstić information content (AvgIpc) is 2.90. The number of carbonyl (C=O) groups is 1. The second-order valence-corrected chi connectivity index (χ2v) is 7.30. The number of nitrogens with zero attached hydrogens (tertiary/aromatic N) is 1. The maximum atomic E-state index is 13.4. The van der Waals surface area contributed by atoms with Crippen LogP contribution in [0.15, 0.2) is 47.4 Å². The van der Waals surface area contributed by atoms with Crippen molar-refractivity contribution in [3.05, 3.63) is 58.9 Å². The smallest absolute Gasteiger partial charge is 0.312 e. The molecule has 0 fully saturated rings. The Morgan fingerprint density at radius 1 is 1.26 bits per heavy atom. The summed E-state index contributed by atoms with van der Waals surface area (Å²) in [7, 11) is -4.17. The maximum Gasteiger partial charge on any atom is 0.312 e. The fourth-order valence-electron chi connectivity index (χ4n) is 2.60. The molecule has 5 nitrogen and oxygen atoms in total. The first kappa shape index (κ1) is 15.8. The highest BCUT2D eigenvalue weighted by molar-refractivity contribution is 7.93. The normalized spacial score (nSPS) is 17.1. The highest BCUT2D eigenvalue weighted by Gasteiger charge is 2.40. The number of fused-ring (bicyclic) bond motifs is 1. The van der Waals surface area contributed by atoms with Crippen LogP contribution in [0.2, 0.25) is 5.02 Å². The largest absolute Gasteiger partial charge is 0.481 e.